The molecule has 5 nitrogen and oxygen atoms in total. The first-order chi connectivity index (χ1) is 11.5. The van der Waals surface area contributed by atoms with Gasteiger partial charge >= 0.3 is 5.97 Å². The second-order valence-electron chi connectivity index (χ2n) is 6.17. The number of benzene rings is 1. The number of carbonyl (C=O) groups is 2. The number of amides is 1. The summed E-state index contributed by atoms with van der Waals surface area (Å²) in [5.41, 5.74) is -0.455. The molecule has 126 valence electrons. The Morgan fingerprint density at radius 1 is 1.54 bits per heavy atom. The highest BCUT2D eigenvalue weighted by molar-refractivity contribution is 6.30. The van der Waals surface area contributed by atoms with Crippen molar-refractivity contribution in [2.24, 2.45) is 11.8 Å². The number of hydrogen-bond acceptors (Lipinski definition) is 4. The van der Waals surface area contributed by atoms with E-state index < -0.39 is 35.3 Å². The lowest BCUT2D eigenvalue weighted by Gasteiger charge is -2.22. The van der Waals surface area contributed by atoms with Gasteiger partial charge in [0.25, 0.3) is 0 Å². The minimum Gasteiger partial charge on any atom is -0.466 e. The summed E-state index contributed by atoms with van der Waals surface area (Å²) in [5, 5.41) is -0.00905. The molecule has 2 saturated heterocycles. The fourth-order valence-corrected chi connectivity index (χ4v) is 3.99. The van der Waals surface area contributed by atoms with Gasteiger partial charge in [-0.05, 0) is 25.1 Å². The predicted octanol–water partition coefficient (Wildman–Crippen LogP) is 2.33. The van der Waals surface area contributed by atoms with Crippen LogP contribution in [0.25, 0.3) is 0 Å². The number of esters is 1. The van der Waals surface area contributed by atoms with Crippen molar-refractivity contribution in [2.75, 3.05) is 18.1 Å². The van der Waals surface area contributed by atoms with Gasteiger partial charge in [-0.1, -0.05) is 23.8 Å². The fourth-order valence-electron chi connectivity index (χ4n) is 3.88. The summed E-state index contributed by atoms with van der Waals surface area (Å²) in [5.74, 6) is -2.60. The third-order valence-corrected chi connectivity index (χ3v) is 5.18. The zero-order chi connectivity index (χ0) is 17.1. The molecule has 0 aliphatic carbocycles. The summed E-state index contributed by atoms with van der Waals surface area (Å²) in [6.45, 7) is 2.20. The van der Waals surface area contributed by atoms with Gasteiger partial charge in [0, 0.05) is 5.69 Å². The van der Waals surface area contributed by atoms with E-state index in [1.807, 2.05) is 6.08 Å². The number of nitrogens with zero attached hydrogens (tertiary/aromatic N) is 1. The van der Waals surface area contributed by atoms with Crippen molar-refractivity contribution in [3.8, 4) is 0 Å². The van der Waals surface area contributed by atoms with E-state index in [9.17, 15) is 14.0 Å². The van der Waals surface area contributed by atoms with E-state index in [0.29, 0.717) is 5.69 Å². The molecule has 0 radical (unpaired) electrons. The number of rotatable bonds is 3. The molecular weight excluding hydrogens is 337 g/mol. The zero-order valence-electron chi connectivity index (χ0n) is 12.9. The molecule has 3 heterocycles. The Morgan fingerprint density at radius 2 is 2.33 bits per heavy atom. The van der Waals surface area contributed by atoms with Crippen LogP contribution in [0.2, 0.25) is 5.02 Å². The molecule has 2 bridgehead atoms. The SMILES string of the molecule is CCOC(=O)[C@H]1[C@H]2C(=O)N(c3ccc(Cl)c(F)c3)C[C@@]23C=C[C@H]1O3. The quantitative estimate of drug-likeness (QED) is 0.619. The maximum absolute atomic E-state index is 13.8. The zero-order valence-corrected chi connectivity index (χ0v) is 13.6. The van der Waals surface area contributed by atoms with E-state index in [-0.39, 0.29) is 24.1 Å². The van der Waals surface area contributed by atoms with Crippen molar-refractivity contribution in [1.29, 1.82) is 0 Å². The van der Waals surface area contributed by atoms with E-state index >= 15 is 0 Å². The Balaban J connectivity index is 1.69. The van der Waals surface area contributed by atoms with Gasteiger partial charge < -0.3 is 14.4 Å². The molecule has 0 unspecified atom stereocenters. The Bertz CT molecular complexity index is 767. The fraction of sp³-hybridized carbons (Fsp3) is 0.412. The molecule has 1 aromatic rings. The molecule has 2 fully saturated rings. The van der Waals surface area contributed by atoms with E-state index in [0.717, 1.165) is 0 Å². The van der Waals surface area contributed by atoms with Crippen LogP contribution < -0.4 is 4.90 Å². The van der Waals surface area contributed by atoms with Gasteiger partial charge in [-0.15, -0.1) is 0 Å². The number of carbonyl (C=O) groups excluding carboxylic acids is 2. The lowest BCUT2D eigenvalue weighted by molar-refractivity contribution is -0.151. The molecule has 0 saturated carbocycles. The number of anilines is 1. The molecule has 1 aromatic carbocycles. The van der Waals surface area contributed by atoms with Crippen LogP contribution in [-0.4, -0.2) is 36.7 Å². The molecule has 7 heteroatoms. The monoisotopic (exact) mass is 351 g/mol. The molecule has 4 atom stereocenters. The molecule has 3 aliphatic rings. The highest BCUT2D eigenvalue weighted by Gasteiger charge is 2.67. The lowest BCUT2D eigenvalue weighted by Crippen LogP contribution is -2.40. The van der Waals surface area contributed by atoms with Gasteiger partial charge in [0.15, 0.2) is 0 Å². The Labute approximate surface area is 143 Å². The van der Waals surface area contributed by atoms with E-state index in [1.54, 1.807) is 19.1 Å². The third kappa shape index (κ3) is 2.03. The van der Waals surface area contributed by atoms with Crippen molar-refractivity contribution in [3.05, 3.63) is 41.2 Å². The van der Waals surface area contributed by atoms with E-state index in [1.165, 1.54) is 17.0 Å². The van der Waals surface area contributed by atoms with Crippen molar-refractivity contribution in [2.45, 2.75) is 18.6 Å². The highest BCUT2D eigenvalue weighted by Crippen LogP contribution is 2.53. The first-order valence-corrected chi connectivity index (χ1v) is 8.15. The van der Waals surface area contributed by atoms with Crippen LogP contribution in [0.15, 0.2) is 30.4 Å². The predicted molar refractivity (Wildman–Crippen MR) is 84.1 cm³/mol. The number of ether oxygens (including phenoxy) is 2. The Kier molecular flexibility index (Phi) is 3.44. The molecule has 24 heavy (non-hydrogen) atoms. The summed E-state index contributed by atoms with van der Waals surface area (Å²) in [6.07, 6.45) is 3.20. The summed E-state index contributed by atoms with van der Waals surface area (Å²) in [7, 11) is 0. The smallest absolute Gasteiger partial charge is 0.312 e. The number of fused-ring (bicyclic) bond motifs is 1. The van der Waals surface area contributed by atoms with Gasteiger partial charge in [0.2, 0.25) is 5.91 Å². The third-order valence-electron chi connectivity index (χ3n) is 4.87. The molecular formula is C17H15ClFNO4. The summed E-state index contributed by atoms with van der Waals surface area (Å²) >= 11 is 5.70. The normalized spacial score (nSPS) is 33.2. The standard InChI is InChI=1S/C17H15ClFNO4/c1-2-23-16(22)13-12-5-6-17(24-12)8-20(15(21)14(13)17)9-3-4-10(18)11(19)7-9/h3-7,12-14H,2,8H2,1H3/t12-,13-,14+,17+/m1/s1. The summed E-state index contributed by atoms with van der Waals surface area (Å²) in [6, 6.07) is 4.20. The van der Waals surface area contributed by atoms with Crippen molar-refractivity contribution >= 4 is 29.2 Å². The molecule has 0 aromatic heterocycles. The van der Waals surface area contributed by atoms with Gasteiger partial charge in [-0.3, -0.25) is 9.59 Å². The molecule has 1 spiro atoms. The van der Waals surface area contributed by atoms with Crippen molar-refractivity contribution in [1.82, 2.24) is 0 Å². The Morgan fingerprint density at radius 3 is 3.04 bits per heavy atom. The summed E-state index contributed by atoms with van der Waals surface area (Å²) < 4.78 is 24.8. The largest absolute Gasteiger partial charge is 0.466 e. The van der Waals surface area contributed by atoms with Crippen LogP contribution in [-0.2, 0) is 19.1 Å². The lowest BCUT2D eigenvalue weighted by atomic mass is 9.77. The maximum atomic E-state index is 13.8. The minimum atomic E-state index is -0.852. The molecule has 0 N–H and O–H groups in total. The number of hydrogen-bond donors (Lipinski definition) is 0. The van der Waals surface area contributed by atoms with Gasteiger partial charge in [0.1, 0.15) is 17.3 Å². The van der Waals surface area contributed by atoms with Crippen molar-refractivity contribution < 1.29 is 23.5 Å². The van der Waals surface area contributed by atoms with Crippen molar-refractivity contribution in [3.63, 3.8) is 0 Å². The van der Waals surface area contributed by atoms with Gasteiger partial charge in [0.05, 0.1) is 30.2 Å². The average molecular weight is 352 g/mol. The second-order valence-corrected chi connectivity index (χ2v) is 6.58. The Hall–Kier alpha value is -1.92. The van der Waals surface area contributed by atoms with Gasteiger partial charge in [-0.2, -0.15) is 0 Å². The van der Waals surface area contributed by atoms with Crippen LogP contribution in [0.3, 0.4) is 0 Å². The maximum Gasteiger partial charge on any atom is 0.312 e. The van der Waals surface area contributed by atoms with Gasteiger partial charge in [-0.25, -0.2) is 4.39 Å². The van der Waals surface area contributed by atoms with Crippen LogP contribution in [0, 0.1) is 17.7 Å². The number of halogens is 2. The van der Waals surface area contributed by atoms with Crippen LogP contribution in [0.4, 0.5) is 10.1 Å². The summed E-state index contributed by atoms with van der Waals surface area (Å²) in [4.78, 5) is 26.7. The van der Waals surface area contributed by atoms with Crippen LogP contribution in [0.1, 0.15) is 6.92 Å². The average Bonchev–Trinajstić information content (AvgIpc) is 3.19. The van der Waals surface area contributed by atoms with E-state index in [2.05, 4.69) is 0 Å². The first kappa shape index (κ1) is 15.6. The highest BCUT2D eigenvalue weighted by atomic mass is 35.5. The van der Waals surface area contributed by atoms with Crippen LogP contribution >= 0.6 is 11.6 Å². The molecule has 1 amide bonds. The minimum absolute atomic E-state index is 0.00905. The topological polar surface area (TPSA) is 55.8 Å². The molecule has 4 rings (SSSR count). The molecule has 3 aliphatic heterocycles. The first-order valence-electron chi connectivity index (χ1n) is 7.77. The van der Waals surface area contributed by atoms with E-state index in [4.69, 9.17) is 21.1 Å². The van der Waals surface area contributed by atoms with Crippen LogP contribution in [0.5, 0.6) is 0 Å². The second kappa shape index (κ2) is 5.29.